The molecule has 0 heterocycles. The van der Waals surface area contributed by atoms with Crippen LogP contribution in [0.2, 0.25) is 5.02 Å². The normalized spacial score (nSPS) is 13.5. The van der Waals surface area contributed by atoms with Gasteiger partial charge in [-0.3, -0.25) is 4.79 Å². The van der Waals surface area contributed by atoms with Gasteiger partial charge >= 0.3 is 0 Å². The monoisotopic (exact) mass is 325 g/mol. The maximum absolute atomic E-state index is 13.2. The van der Waals surface area contributed by atoms with Gasteiger partial charge in [-0.2, -0.15) is 0 Å². The molecule has 0 aromatic heterocycles. The van der Waals surface area contributed by atoms with Crippen LogP contribution in [0.3, 0.4) is 0 Å². The van der Waals surface area contributed by atoms with Crippen LogP contribution in [0.25, 0.3) is 0 Å². The first-order chi connectivity index (χ1) is 10.4. The minimum Gasteiger partial charge on any atom is -0.386 e. The summed E-state index contributed by atoms with van der Waals surface area (Å²) in [6, 6.07) is 8.68. The number of benzene rings is 2. The fourth-order valence-corrected chi connectivity index (χ4v) is 2.08. The molecule has 2 unspecified atom stereocenters. The molecular formula is C16H14ClF2NO2. The fourth-order valence-electron chi connectivity index (χ4n) is 1.96. The third-order valence-corrected chi connectivity index (χ3v) is 3.48. The number of hydrogen-bond donors (Lipinski definition) is 2. The second-order valence-electron chi connectivity index (χ2n) is 4.89. The van der Waals surface area contributed by atoms with Crippen molar-refractivity contribution in [3.8, 4) is 0 Å². The molecule has 2 atom stereocenters. The molecule has 0 aliphatic heterocycles. The number of aliphatic hydroxyl groups excluding tert-OH is 1. The van der Waals surface area contributed by atoms with Crippen molar-refractivity contribution in [1.29, 1.82) is 0 Å². The van der Waals surface area contributed by atoms with Gasteiger partial charge < -0.3 is 10.4 Å². The van der Waals surface area contributed by atoms with E-state index in [0.717, 1.165) is 12.1 Å². The van der Waals surface area contributed by atoms with E-state index < -0.39 is 29.7 Å². The van der Waals surface area contributed by atoms with Gasteiger partial charge in [0.1, 0.15) is 0 Å². The highest BCUT2D eigenvalue weighted by molar-refractivity contribution is 6.30. The third-order valence-electron chi connectivity index (χ3n) is 3.22. The van der Waals surface area contributed by atoms with E-state index in [0.29, 0.717) is 10.6 Å². The number of hydrogen-bond acceptors (Lipinski definition) is 2. The summed E-state index contributed by atoms with van der Waals surface area (Å²) < 4.78 is 26.1. The molecule has 0 aliphatic rings. The van der Waals surface area contributed by atoms with Gasteiger partial charge in [-0.15, -0.1) is 0 Å². The van der Waals surface area contributed by atoms with Crippen molar-refractivity contribution in [3.63, 3.8) is 0 Å². The van der Waals surface area contributed by atoms with Crippen LogP contribution in [0.5, 0.6) is 0 Å². The van der Waals surface area contributed by atoms with Gasteiger partial charge in [0.15, 0.2) is 11.6 Å². The lowest BCUT2D eigenvalue weighted by molar-refractivity contribution is 0.0851. The zero-order valence-corrected chi connectivity index (χ0v) is 12.4. The highest BCUT2D eigenvalue weighted by atomic mass is 35.5. The molecule has 2 aromatic carbocycles. The van der Waals surface area contributed by atoms with Crippen LogP contribution < -0.4 is 5.32 Å². The molecule has 3 nitrogen and oxygen atoms in total. The number of carbonyl (C=O) groups is 1. The maximum Gasteiger partial charge on any atom is 0.251 e. The van der Waals surface area contributed by atoms with E-state index in [2.05, 4.69) is 5.32 Å². The Morgan fingerprint density at radius 2 is 1.77 bits per heavy atom. The molecule has 2 aromatic rings. The second-order valence-corrected chi connectivity index (χ2v) is 5.32. The van der Waals surface area contributed by atoms with Gasteiger partial charge in [0.05, 0.1) is 12.1 Å². The first kappa shape index (κ1) is 16.4. The number of aliphatic hydroxyl groups is 1. The largest absolute Gasteiger partial charge is 0.386 e. The average Bonchev–Trinajstić information content (AvgIpc) is 2.49. The van der Waals surface area contributed by atoms with E-state index >= 15 is 0 Å². The Bertz CT molecular complexity index is 676. The van der Waals surface area contributed by atoms with Crippen LogP contribution in [-0.4, -0.2) is 17.1 Å². The molecule has 0 spiro atoms. The second kappa shape index (κ2) is 6.85. The standard InChI is InChI=1S/C16H14ClF2NO2/c1-9(15(21)11-4-7-13(18)14(19)8-11)20-16(22)10-2-5-12(17)6-3-10/h2-9,15,21H,1H3,(H,20,22). The zero-order chi connectivity index (χ0) is 16.3. The van der Waals surface area contributed by atoms with Crippen molar-refractivity contribution >= 4 is 17.5 Å². The molecule has 2 rings (SSSR count). The van der Waals surface area contributed by atoms with E-state index in [1.165, 1.54) is 6.07 Å². The highest BCUT2D eigenvalue weighted by Crippen LogP contribution is 2.19. The number of halogens is 3. The summed E-state index contributed by atoms with van der Waals surface area (Å²) in [4.78, 5) is 12.0. The van der Waals surface area contributed by atoms with Crippen LogP contribution in [0, 0.1) is 11.6 Å². The number of nitrogens with one attached hydrogen (secondary N) is 1. The van der Waals surface area contributed by atoms with Gasteiger partial charge in [-0.1, -0.05) is 17.7 Å². The Morgan fingerprint density at radius 1 is 1.14 bits per heavy atom. The fraction of sp³-hybridized carbons (Fsp3) is 0.188. The van der Waals surface area contributed by atoms with Crippen molar-refractivity contribution in [2.24, 2.45) is 0 Å². The Kier molecular flexibility index (Phi) is 5.11. The predicted octanol–water partition coefficient (Wildman–Crippen LogP) is 3.47. The van der Waals surface area contributed by atoms with E-state index in [1.807, 2.05) is 0 Å². The van der Waals surface area contributed by atoms with Crippen molar-refractivity contribution in [1.82, 2.24) is 5.32 Å². The lowest BCUT2D eigenvalue weighted by Crippen LogP contribution is -2.37. The molecule has 0 aliphatic carbocycles. The topological polar surface area (TPSA) is 49.3 Å². The molecule has 2 N–H and O–H groups in total. The Morgan fingerprint density at radius 3 is 2.36 bits per heavy atom. The molecule has 1 amide bonds. The first-order valence-electron chi connectivity index (χ1n) is 6.58. The summed E-state index contributed by atoms with van der Waals surface area (Å²) in [6.45, 7) is 1.57. The Balaban J connectivity index is 2.07. The Labute approximate surface area is 131 Å². The number of carbonyl (C=O) groups excluding carboxylic acids is 1. The van der Waals surface area contributed by atoms with Crippen molar-refractivity contribution in [2.45, 2.75) is 19.1 Å². The summed E-state index contributed by atoms with van der Waals surface area (Å²) in [5.74, 6) is -2.44. The van der Waals surface area contributed by atoms with Gasteiger partial charge in [0, 0.05) is 10.6 Å². The number of rotatable bonds is 4. The lowest BCUT2D eigenvalue weighted by Gasteiger charge is -2.21. The predicted molar refractivity (Wildman–Crippen MR) is 79.7 cm³/mol. The average molecular weight is 326 g/mol. The smallest absolute Gasteiger partial charge is 0.251 e. The molecule has 0 saturated carbocycles. The van der Waals surface area contributed by atoms with Gasteiger partial charge in [0.25, 0.3) is 5.91 Å². The third kappa shape index (κ3) is 3.81. The molecule has 116 valence electrons. The van der Waals surface area contributed by atoms with Crippen molar-refractivity contribution < 1.29 is 18.7 Å². The highest BCUT2D eigenvalue weighted by Gasteiger charge is 2.20. The summed E-state index contributed by atoms with van der Waals surface area (Å²) in [5, 5.41) is 13.2. The van der Waals surface area contributed by atoms with E-state index in [9.17, 15) is 18.7 Å². The summed E-state index contributed by atoms with van der Waals surface area (Å²) in [5.41, 5.74) is 0.566. The van der Waals surface area contributed by atoms with E-state index in [4.69, 9.17) is 11.6 Å². The van der Waals surface area contributed by atoms with Gasteiger partial charge in [-0.25, -0.2) is 8.78 Å². The molecule has 0 bridgehead atoms. The first-order valence-corrected chi connectivity index (χ1v) is 6.95. The minimum atomic E-state index is -1.16. The summed E-state index contributed by atoms with van der Waals surface area (Å²) in [7, 11) is 0. The van der Waals surface area contributed by atoms with Crippen LogP contribution in [0.15, 0.2) is 42.5 Å². The van der Waals surface area contributed by atoms with E-state index in [1.54, 1.807) is 31.2 Å². The maximum atomic E-state index is 13.2. The quantitative estimate of drug-likeness (QED) is 0.904. The van der Waals surface area contributed by atoms with E-state index in [-0.39, 0.29) is 5.56 Å². The van der Waals surface area contributed by atoms with Crippen molar-refractivity contribution in [3.05, 3.63) is 70.2 Å². The minimum absolute atomic E-state index is 0.183. The summed E-state index contributed by atoms with van der Waals surface area (Å²) in [6.07, 6.45) is -1.16. The molecule has 0 radical (unpaired) electrons. The van der Waals surface area contributed by atoms with Crippen LogP contribution in [-0.2, 0) is 0 Å². The van der Waals surface area contributed by atoms with Gasteiger partial charge in [0.2, 0.25) is 0 Å². The molecule has 22 heavy (non-hydrogen) atoms. The lowest BCUT2D eigenvalue weighted by atomic mass is 10.0. The van der Waals surface area contributed by atoms with Crippen molar-refractivity contribution in [2.75, 3.05) is 0 Å². The van der Waals surface area contributed by atoms with Crippen LogP contribution in [0.4, 0.5) is 8.78 Å². The molecule has 0 fully saturated rings. The zero-order valence-electron chi connectivity index (χ0n) is 11.7. The molecule has 0 saturated heterocycles. The van der Waals surface area contributed by atoms with Crippen LogP contribution >= 0.6 is 11.6 Å². The van der Waals surface area contributed by atoms with Crippen LogP contribution in [0.1, 0.15) is 28.9 Å². The molecule has 6 heteroatoms. The number of amides is 1. The van der Waals surface area contributed by atoms with Gasteiger partial charge in [-0.05, 0) is 48.9 Å². The molecular weight excluding hydrogens is 312 g/mol. The SMILES string of the molecule is CC(NC(=O)c1ccc(Cl)cc1)C(O)c1ccc(F)c(F)c1. The summed E-state index contributed by atoms with van der Waals surface area (Å²) >= 11 is 5.74. The Hall–Kier alpha value is -1.98.